The van der Waals surface area contributed by atoms with Gasteiger partial charge in [0.2, 0.25) is 0 Å². The number of halogens is 1. The van der Waals surface area contributed by atoms with Gasteiger partial charge in [0, 0.05) is 15.8 Å². The topological polar surface area (TPSA) is 65.3 Å². The zero-order chi connectivity index (χ0) is 12.3. The van der Waals surface area contributed by atoms with Crippen LogP contribution in [0.2, 0.25) is 0 Å². The standard InChI is InChI=1S/C11H7IN2O3/c12-8-6-10(14(15)16)11(13-7-8)17-9-4-2-1-3-5-9/h1-7H. The summed E-state index contributed by atoms with van der Waals surface area (Å²) in [7, 11) is 0. The van der Waals surface area contributed by atoms with Crippen molar-refractivity contribution in [3.05, 3.63) is 56.3 Å². The maximum Gasteiger partial charge on any atom is 0.332 e. The molecule has 0 saturated heterocycles. The van der Waals surface area contributed by atoms with E-state index in [-0.39, 0.29) is 11.6 Å². The van der Waals surface area contributed by atoms with E-state index in [2.05, 4.69) is 4.98 Å². The Kier molecular flexibility index (Phi) is 3.52. The van der Waals surface area contributed by atoms with E-state index in [0.717, 1.165) is 0 Å². The first-order chi connectivity index (χ1) is 8.16. The van der Waals surface area contributed by atoms with E-state index in [1.165, 1.54) is 12.3 Å². The van der Waals surface area contributed by atoms with Crippen molar-refractivity contribution in [2.24, 2.45) is 0 Å². The molecule has 0 radical (unpaired) electrons. The fourth-order valence-corrected chi connectivity index (χ4v) is 1.66. The molecule has 17 heavy (non-hydrogen) atoms. The Morgan fingerprint density at radius 3 is 2.65 bits per heavy atom. The quantitative estimate of drug-likeness (QED) is 0.487. The molecule has 6 heteroatoms. The number of nitrogens with zero attached hydrogens (tertiary/aromatic N) is 2. The summed E-state index contributed by atoms with van der Waals surface area (Å²) in [6.07, 6.45) is 1.52. The first kappa shape index (κ1) is 11.8. The highest BCUT2D eigenvalue weighted by Gasteiger charge is 2.17. The summed E-state index contributed by atoms with van der Waals surface area (Å²) in [5.41, 5.74) is -0.138. The fourth-order valence-electron chi connectivity index (χ4n) is 1.23. The number of ether oxygens (including phenoxy) is 1. The predicted molar refractivity (Wildman–Crippen MR) is 70.1 cm³/mol. The Balaban J connectivity index is 2.36. The molecule has 0 bridgehead atoms. The van der Waals surface area contributed by atoms with Crippen molar-refractivity contribution in [3.8, 4) is 11.6 Å². The summed E-state index contributed by atoms with van der Waals surface area (Å²) < 4.78 is 6.06. The molecule has 0 amide bonds. The second kappa shape index (κ2) is 5.09. The van der Waals surface area contributed by atoms with Gasteiger partial charge in [-0.1, -0.05) is 18.2 Å². The third-order valence-corrected chi connectivity index (χ3v) is 2.54. The second-order valence-corrected chi connectivity index (χ2v) is 4.40. The lowest BCUT2D eigenvalue weighted by Crippen LogP contribution is -1.96. The lowest BCUT2D eigenvalue weighted by atomic mass is 10.3. The van der Waals surface area contributed by atoms with Crippen LogP contribution in [0.5, 0.6) is 11.6 Å². The van der Waals surface area contributed by atoms with Gasteiger partial charge in [0.1, 0.15) is 5.75 Å². The highest BCUT2D eigenvalue weighted by atomic mass is 127. The van der Waals surface area contributed by atoms with Crippen molar-refractivity contribution >= 4 is 28.3 Å². The minimum Gasteiger partial charge on any atom is -0.434 e. The number of nitro groups is 1. The van der Waals surface area contributed by atoms with Gasteiger partial charge in [0.15, 0.2) is 0 Å². The van der Waals surface area contributed by atoms with Gasteiger partial charge in [-0.15, -0.1) is 0 Å². The summed E-state index contributed by atoms with van der Waals surface area (Å²) in [5, 5.41) is 10.8. The molecule has 0 aliphatic rings. The predicted octanol–water partition coefficient (Wildman–Crippen LogP) is 3.39. The Hall–Kier alpha value is -1.70. The van der Waals surface area contributed by atoms with E-state index in [1.54, 1.807) is 24.3 Å². The summed E-state index contributed by atoms with van der Waals surface area (Å²) in [5.74, 6) is 0.519. The Labute approximate surface area is 111 Å². The van der Waals surface area contributed by atoms with E-state index < -0.39 is 4.92 Å². The molecule has 1 aromatic carbocycles. The lowest BCUT2D eigenvalue weighted by Gasteiger charge is -2.04. The third kappa shape index (κ3) is 2.90. The van der Waals surface area contributed by atoms with E-state index in [1.807, 2.05) is 28.7 Å². The number of hydrogen-bond acceptors (Lipinski definition) is 4. The van der Waals surface area contributed by atoms with Crippen molar-refractivity contribution in [1.82, 2.24) is 4.98 Å². The van der Waals surface area contributed by atoms with Gasteiger partial charge in [-0.25, -0.2) is 4.98 Å². The number of benzene rings is 1. The van der Waals surface area contributed by atoms with E-state index in [4.69, 9.17) is 4.74 Å². The number of pyridine rings is 1. The van der Waals surface area contributed by atoms with Crippen LogP contribution in [0.4, 0.5) is 5.69 Å². The summed E-state index contributed by atoms with van der Waals surface area (Å²) in [4.78, 5) is 14.3. The molecule has 0 unspecified atom stereocenters. The number of para-hydroxylation sites is 1. The van der Waals surface area contributed by atoms with Crippen LogP contribution in [-0.2, 0) is 0 Å². The average Bonchev–Trinajstić information content (AvgIpc) is 2.32. The molecule has 2 aromatic rings. The van der Waals surface area contributed by atoms with Crippen molar-refractivity contribution in [2.45, 2.75) is 0 Å². The van der Waals surface area contributed by atoms with Gasteiger partial charge < -0.3 is 4.74 Å². The molecule has 5 nitrogen and oxygen atoms in total. The zero-order valence-corrected chi connectivity index (χ0v) is 10.7. The molecule has 1 aromatic heterocycles. The van der Waals surface area contributed by atoms with Crippen molar-refractivity contribution in [3.63, 3.8) is 0 Å². The van der Waals surface area contributed by atoms with Crippen LogP contribution in [0, 0.1) is 13.7 Å². The Morgan fingerprint density at radius 2 is 2.00 bits per heavy atom. The van der Waals surface area contributed by atoms with E-state index in [9.17, 15) is 10.1 Å². The average molecular weight is 342 g/mol. The van der Waals surface area contributed by atoms with Gasteiger partial charge in [-0.3, -0.25) is 10.1 Å². The molecule has 86 valence electrons. The molecule has 0 spiro atoms. The molecule has 0 saturated carbocycles. The fraction of sp³-hybridized carbons (Fsp3) is 0. The van der Waals surface area contributed by atoms with Crippen LogP contribution in [0.3, 0.4) is 0 Å². The monoisotopic (exact) mass is 342 g/mol. The summed E-state index contributed by atoms with van der Waals surface area (Å²) in [6.45, 7) is 0. The van der Waals surface area contributed by atoms with Crippen LogP contribution in [-0.4, -0.2) is 9.91 Å². The van der Waals surface area contributed by atoms with Crippen LogP contribution in [0.15, 0.2) is 42.6 Å². The first-order valence-corrected chi connectivity index (χ1v) is 5.77. The zero-order valence-electron chi connectivity index (χ0n) is 8.54. The molecule has 0 atom stereocenters. The van der Waals surface area contributed by atoms with E-state index >= 15 is 0 Å². The molecule has 0 fully saturated rings. The maximum absolute atomic E-state index is 10.8. The van der Waals surface area contributed by atoms with Crippen molar-refractivity contribution in [1.29, 1.82) is 0 Å². The highest BCUT2D eigenvalue weighted by Crippen LogP contribution is 2.29. The Morgan fingerprint density at radius 1 is 1.29 bits per heavy atom. The molecule has 0 aliphatic carbocycles. The van der Waals surface area contributed by atoms with Gasteiger partial charge in [0.05, 0.1) is 4.92 Å². The second-order valence-electron chi connectivity index (χ2n) is 3.15. The summed E-state index contributed by atoms with van der Waals surface area (Å²) in [6, 6.07) is 10.3. The first-order valence-electron chi connectivity index (χ1n) is 4.69. The largest absolute Gasteiger partial charge is 0.434 e. The van der Waals surface area contributed by atoms with Crippen LogP contribution in [0.1, 0.15) is 0 Å². The molecule has 2 rings (SSSR count). The van der Waals surface area contributed by atoms with Crippen molar-refractivity contribution < 1.29 is 9.66 Å². The minimum atomic E-state index is -0.507. The maximum atomic E-state index is 10.8. The minimum absolute atomic E-state index is 0.00150. The third-order valence-electron chi connectivity index (χ3n) is 1.95. The molecular weight excluding hydrogens is 335 g/mol. The smallest absolute Gasteiger partial charge is 0.332 e. The van der Waals surface area contributed by atoms with Crippen LogP contribution < -0.4 is 4.74 Å². The van der Waals surface area contributed by atoms with E-state index in [0.29, 0.717) is 9.32 Å². The van der Waals surface area contributed by atoms with Gasteiger partial charge in [-0.2, -0.15) is 0 Å². The van der Waals surface area contributed by atoms with Gasteiger partial charge in [0.25, 0.3) is 5.88 Å². The van der Waals surface area contributed by atoms with Crippen LogP contribution >= 0.6 is 22.6 Å². The lowest BCUT2D eigenvalue weighted by molar-refractivity contribution is -0.386. The molecule has 1 heterocycles. The molecule has 0 aliphatic heterocycles. The highest BCUT2D eigenvalue weighted by molar-refractivity contribution is 14.1. The van der Waals surface area contributed by atoms with Crippen LogP contribution in [0.25, 0.3) is 0 Å². The normalized spacial score (nSPS) is 9.94. The number of rotatable bonds is 3. The van der Waals surface area contributed by atoms with Crippen molar-refractivity contribution in [2.75, 3.05) is 0 Å². The number of aromatic nitrogens is 1. The Bertz CT molecular complexity index is 546. The van der Waals surface area contributed by atoms with Gasteiger partial charge in [-0.05, 0) is 34.7 Å². The molecular formula is C11H7IN2O3. The number of hydrogen-bond donors (Lipinski definition) is 0. The molecule has 0 N–H and O–H groups in total. The summed E-state index contributed by atoms with van der Waals surface area (Å²) >= 11 is 1.96. The SMILES string of the molecule is O=[N+]([O-])c1cc(I)cnc1Oc1ccccc1. The van der Waals surface area contributed by atoms with Gasteiger partial charge >= 0.3 is 5.69 Å².